The summed E-state index contributed by atoms with van der Waals surface area (Å²) in [4.78, 5) is 20.1. The van der Waals surface area contributed by atoms with Gasteiger partial charge in [-0.3, -0.25) is 4.79 Å². The van der Waals surface area contributed by atoms with E-state index in [0.29, 0.717) is 19.4 Å². The molecule has 0 heterocycles. The molecule has 0 aliphatic heterocycles. The molecule has 0 aliphatic rings. The van der Waals surface area contributed by atoms with Gasteiger partial charge >= 0.3 is 0 Å². The minimum Gasteiger partial charge on any atom is -0.354 e. The lowest BCUT2D eigenvalue weighted by atomic mass is 10.4. The molecule has 0 spiro atoms. The van der Waals surface area contributed by atoms with Crippen molar-refractivity contribution < 1.29 is 9.59 Å². The van der Waals surface area contributed by atoms with Crippen LogP contribution in [0.4, 0.5) is 0 Å². The molecule has 4 nitrogen and oxygen atoms in total. The Hall–Kier alpha value is -0.900. The smallest absolute Gasteiger partial charge is 0.227 e. The second-order valence-electron chi connectivity index (χ2n) is 1.51. The first-order chi connectivity index (χ1) is 4.31. The third-order valence-electron chi connectivity index (χ3n) is 0.735. The summed E-state index contributed by atoms with van der Waals surface area (Å²) in [5, 5.41) is 2.44. The number of amides is 1. The van der Waals surface area contributed by atoms with Crippen LogP contribution in [-0.2, 0) is 9.59 Å². The van der Waals surface area contributed by atoms with Gasteiger partial charge in [0.25, 0.3) is 0 Å². The van der Waals surface area contributed by atoms with E-state index in [9.17, 15) is 9.59 Å². The summed E-state index contributed by atoms with van der Waals surface area (Å²) in [5.41, 5.74) is 5.07. The molecule has 0 aromatic heterocycles. The number of rotatable bonds is 4. The van der Waals surface area contributed by atoms with Gasteiger partial charge in [-0.25, -0.2) is 0 Å². The number of nitrogens with one attached hydrogen (secondary N) is 1. The molecule has 0 saturated carbocycles. The van der Waals surface area contributed by atoms with E-state index in [1.807, 2.05) is 0 Å². The van der Waals surface area contributed by atoms with E-state index in [1.165, 1.54) is 0 Å². The molecule has 1 amide bonds. The van der Waals surface area contributed by atoms with Gasteiger partial charge in [0.1, 0.15) is 6.29 Å². The third-order valence-corrected chi connectivity index (χ3v) is 0.735. The predicted molar refractivity (Wildman–Crippen MR) is 32.7 cm³/mol. The summed E-state index contributed by atoms with van der Waals surface area (Å²) in [6, 6.07) is 0. The van der Waals surface area contributed by atoms with Crippen LogP contribution in [0.15, 0.2) is 0 Å². The van der Waals surface area contributed by atoms with Gasteiger partial charge in [0, 0.05) is 13.1 Å². The van der Waals surface area contributed by atoms with E-state index in [2.05, 4.69) is 5.32 Å². The van der Waals surface area contributed by atoms with Crippen LogP contribution in [0.25, 0.3) is 0 Å². The van der Waals surface area contributed by atoms with Gasteiger partial charge < -0.3 is 15.8 Å². The van der Waals surface area contributed by atoms with Crippen LogP contribution in [0.5, 0.6) is 0 Å². The SMILES string of the molecule is NCCNC(=O)CC=O. The maximum Gasteiger partial charge on any atom is 0.227 e. The first-order valence-corrected chi connectivity index (χ1v) is 2.71. The van der Waals surface area contributed by atoms with Crippen molar-refractivity contribution in [2.24, 2.45) is 5.73 Å². The fourth-order valence-electron chi connectivity index (χ4n) is 0.359. The summed E-state index contributed by atoms with van der Waals surface area (Å²) in [7, 11) is 0. The van der Waals surface area contributed by atoms with Gasteiger partial charge in [0.05, 0.1) is 6.42 Å². The summed E-state index contributed by atoms with van der Waals surface area (Å²) in [5.74, 6) is -0.268. The summed E-state index contributed by atoms with van der Waals surface area (Å²) >= 11 is 0. The van der Waals surface area contributed by atoms with Crippen molar-refractivity contribution in [1.29, 1.82) is 0 Å². The number of carbonyl (C=O) groups excluding carboxylic acids is 2. The standard InChI is InChI=1S/C5H10N2O2/c6-2-3-7-5(9)1-4-8/h4H,1-3,6H2,(H,7,9). The Bertz CT molecular complexity index is 103. The average Bonchev–Trinajstić information content (AvgIpc) is 1.85. The van der Waals surface area contributed by atoms with Crippen LogP contribution in [-0.4, -0.2) is 25.3 Å². The molecule has 4 heteroatoms. The largest absolute Gasteiger partial charge is 0.354 e. The van der Waals surface area contributed by atoms with Crippen LogP contribution in [0.1, 0.15) is 6.42 Å². The maximum atomic E-state index is 10.4. The van der Waals surface area contributed by atoms with E-state index >= 15 is 0 Å². The third kappa shape index (κ3) is 4.96. The van der Waals surface area contributed by atoms with Crippen molar-refractivity contribution in [1.82, 2.24) is 5.32 Å². The number of nitrogens with two attached hydrogens (primary N) is 1. The van der Waals surface area contributed by atoms with Gasteiger partial charge in [-0.05, 0) is 0 Å². The van der Waals surface area contributed by atoms with Crippen LogP contribution >= 0.6 is 0 Å². The van der Waals surface area contributed by atoms with Gasteiger partial charge in [-0.15, -0.1) is 0 Å². The molecule has 9 heavy (non-hydrogen) atoms. The second-order valence-corrected chi connectivity index (χ2v) is 1.51. The van der Waals surface area contributed by atoms with E-state index < -0.39 is 0 Å². The summed E-state index contributed by atoms with van der Waals surface area (Å²) < 4.78 is 0. The van der Waals surface area contributed by atoms with Crippen LogP contribution in [0.3, 0.4) is 0 Å². The zero-order valence-electron chi connectivity index (χ0n) is 5.09. The normalized spacial score (nSPS) is 8.56. The molecule has 0 rings (SSSR count). The highest BCUT2D eigenvalue weighted by molar-refractivity contribution is 5.87. The molecule has 3 N–H and O–H groups in total. The van der Waals surface area contributed by atoms with Crippen molar-refractivity contribution >= 4 is 12.2 Å². The Balaban J connectivity index is 3.16. The lowest BCUT2D eigenvalue weighted by molar-refractivity contribution is -0.123. The lowest BCUT2D eigenvalue weighted by Gasteiger charge is -1.96. The fourth-order valence-corrected chi connectivity index (χ4v) is 0.359. The van der Waals surface area contributed by atoms with E-state index in [1.54, 1.807) is 0 Å². The first kappa shape index (κ1) is 8.10. The van der Waals surface area contributed by atoms with Gasteiger partial charge in [-0.2, -0.15) is 0 Å². The van der Waals surface area contributed by atoms with Gasteiger partial charge in [0.15, 0.2) is 0 Å². The van der Waals surface area contributed by atoms with Crippen LogP contribution in [0, 0.1) is 0 Å². The Labute approximate surface area is 53.4 Å². The monoisotopic (exact) mass is 130 g/mol. The van der Waals surface area contributed by atoms with Gasteiger partial charge in [-0.1, -0.05) is 0 Å². The highest BCUT2D eigenvalue weighted by Gasteiger charge is 1.94. The zero-order chi connectivity index (χ0) is 7.11. The molecular weight excluding hydrogens is 120 g/mol. The zero-order valence-corrected chi connectivity index (χ0v) is 5.09. The Morgan fingerprint density at radius 3 is 2.78 bits per heavy atom. The van der Waals surface area contributed by atoms with E-state index in [-0.39, 0.29) is 12.3 Å². The highest BCUT2D eigenvalue weighted by atomic mass is 16.2. The molecule has 0 aromatic rings. The maximum absolute atomic E-state index is 10.4. The van der Waals surface area contributed by atoms with Crippen LogP contribution < -0.4 is 11.1 Å². The van der Waals surface area contributed by atoms with Crippen molar-refractivity contribution in [2.45, 2.75) is 6.42 Å². The quantitative estimate of drug-likeness (QED) is 0.365. The number of aldehydes is 1. The molecule has 0 aromatic carbocycles. The summed E-state index contributed by atoms with van der Waals surface area (Å²) in [6.45, 7) is 0.845. The first-order valence-electron chi connectivity index (χ1n) is 2.71. The Morgan fingerprint density at radius 1 is 1.67 bits per heavy atom. The van der Waals surface area contributed by atoms with E-state index in [4.69, 9.17) is 5.73 Å². The molecular formula is C5H10N2O2. The number of carbonyl (C=O) groups is 2. The van der Waals surface area contributed by atoms with Crippen molar-refractivity contribution in [3.05, 3.63) is 0 Å². The van der Waals surface area contributed by atoms with E-state index in [0.717, 1.165) is 0 Å². The van der Waals surface area contributed by atoms with Crippen molar-refractivity contribution in [2.75, 3.05) is 13.1 Å². The molecule has 0 bridgehead atoms. The second kappa shape index (κ2) is 5.24. The fraction of sp³-hybridized carbons (Fsp3) is 0.600. The topological polar surface area (TPSA) is 72.2 Å². The number of hydrogen-bond donors (Lipinski definition) is 2. The average molecular weight is 130 g/mol. The number of hydrogen-bond acceptors (Lipinski definition) is 3. The minimum atomic E-state index is -0.268. The molecule has 0 aliphatic carbocycles. The Morgan fingerprint density at radius 2 is 2.33 bits per heavy atom. The van der Waals surface area contributed by atoms with Crippen LogP contribution in [0.2, 0.25) is 0 Å². The summed E-state index contributed by atoms with van der Waals surface area (Å²) in [6.07, 6.45) is 0.492. The van der Waals surface area contributed by atoms with Crippen molar-refractivity contribution in [3.63, 3.8) is 0 Å². The molecule has 0 radical (unpaired) electrons. The molecule has 52 valence electrons. The molecule has 0 unspecified atom stereocenters. The molecule has 0 fully saturated rings. The minimum absolute atomic E-state index is 0.0694. The molecule has 0 atom stereocenters. The van der Waals surface area contributed by atoms with Crippen molar-refractivity contribution in [3.8, 4) is 0 Å². The predicted octanol–water partition coefficient (Wildman–Crippen LogP) is -1.35. The highest BCUT2D eigenvalue weighted by Crippen LogP contribution is 1.69. The molecule has 0 saturated heterocycles. The van der Waals surface area contributed by atoms with Gasteiger partial charge in [0.2, 0.25) is 5.91 Å². The lowest BCUT2D eigenvalue weighted by Crippen LogP contribution is -2.28. The Kier molecular flexibility index (Phi) is 4.72.